The second-order valence-corrected chi connectivity index (χ2v) is 8.98. The number of nitriles is 1. The zero-order valence-electron chi connectivity index (χ0n) is 17.0. The average Bonchev–Trinajstić information content (AvgIpc) is 2.71. The molecule has 0 atom stereocenters. The molecule has 4 aliphatic rings. The zero-order valence-corrected chi connectivity index (χ0v) is 17.0. The van der Waals surface area contributed by atoms with E-state index in [1.165, 1.54) is 37.5 Å². The summed E-state index contributed by atoms with van der Waals surface area (Å²) in [6.45, 7) is -0.485. The van der Waals surface area contributed by atoms with Crippen LogP contribution in [0.2, 0.25) is 0 Å². The van der Waals surface area contributed by atoms with Crippen LogP contribution in [0.1, 0.15) is 44.9 Å². The van der Waals surface area contributed by atoms with Gasteiger partial charge in [0.05, 0.1) is 12.5 Å². The molecule has 0 saturated heterocycles. The Morgan fingerprint density at radius 2 is 1.73 bits per heavy atom. The summed E-state index contributed by atoms with van der Waals surface area (Å²) in [6.07, 6.45) is 6.98. The van der Waals surface area contributed by atoms with Crippen molar-refractivity contribution in [3.05, 3.63) is 30.1 Å². The number of amides is 1. The minimum absolute atomic E-state index is 0.0370. The molecule has 6 nitrogen and oxygen atoms in total. The third-order valence-corrected chi connectivity index (χ3v) is 6.87. The van der Waals surface area contributed by atoms with Gasteiger partial charge in [-0.3, -0.25) is 4.79 Å². The van der Waals surface area contributed by atoms with Crippen molar-refractivity contribution in [2.24, 2.45) is 17.8 Å². The van der Waals surface area contributed by atoms with Crippen molar-refractivity contribution in [3.63, 3.8) is 0 Å². The summed E-state index contributed by atoms with van der Waals surface area (Å²) in [6, 6.07) is 7.93. The van der Waals surface area contributed by atoms with Crippen molar-refractivity contribution in [1.82, 2.24) is 4.90 Å². The van der Waals surface area contributed by atoms with Crippen LogP contribution in [0.15, 0.2) is 24.3 Å². The summed E-state index contributed by atoms with van der Waals surface area (Å²) < 4.78 is 23.8. The maximum atomic E-state index is 13.6. The second-order valence-electron chi connectivity index (χ2n) is 8.98. The first-order chi connectivity index (χ1) is 14.5. The molecule has 0 N–H and O–H groups in total. The highest BCUT2D eigenvalue weighted by Crippen LogP contribution is 2.57. The number of hydrogen-bond donors (Lipinski definition) is 0. The molecule has 1 aromatic carbocycles. The van der Waals surface area contributed by atoms with Crippen molar-refractivity contribution in [2.75, 3.05) is 19.8 Å². The van der Waals surface area contributed by atoms with Gasteiger partial charge in [-0.1, -0.05) is 12.1 Å². The number of ether oxygens (including phenoxy) is 2. The molecule has 160 valence electrons. The van der Waals surface area contributed by atoms with Crippen LogP contribution in [0.25, 0.3) is 0 Å². The lowest BCUT2D eigenvalue weighted by atomic mass is 9.52. The average molecular weight is 414 g/mol. The summed E-state index contributed by atoms with van der Waals surface area (Å²) in [5.74, 6) is 0.390. The molecular weight excluding hydrogens is 387 g/mol. The van der Waals surface area contributed by atoms with Crippen LogP contribution in [-0.2, 0) is 14.3 Å². The third kappa shape index (κ3) is 4.28. The van der Waals surface area contributed by atoms with Gasteiger partial charge in [-0.05, 0) is 68.4 Å². The normalized spacial score (nSPS) is 28.6. The monoisotopic (exact) mass is 414 g/mol. The van der Waals surface area contributed by atoms with Crippen LogP contribution in [0, 0.1) is 34.9 Å². The van der Waals surface area contributed by atoms with Gasteiger partial charge in [0.2, 0.25) is 0 Å². The first-order valence-corrected chi connectivity index (χ1v) is 10.7. The number of benzene rings is 1. The van der Waals surface area contributed by atoms with Crippen molar-refractivity contribution in [3.8, 4) is 11.8 Å². The number of halogens is 1. The van der Waals surface area contributed by atoms with Gasteiger partial charge in [-0.25, -0.2) is 9.18 Å². The van der Waals surface area contributed by atoms with Gasteiger partial charge in [0.15, 0.2) is 24.8 Å². The first-order valence-electron chi connectivity index (χ1n) is 10.7. The fourth-order valence-corrected chi connectivity index (χ4v) is 6.14. The molecule has 4 saturated carbocycles. The number of hydrogen-bond acceptors (Lipinski definition) is 5. The topological polar surface area (TPSA) is 79.6 Å². The molecular formula is C23H27FN2O4. The van der Waals surface area contributed by atoms with Crippen LogP contribution < -0.4 is 4.74 Å². The number of rotatable bonds is 8. The molecule has 0 radical (unpaired) electrons. The summed E-state index contributed by atoms with van der Waals surface area (Å²) in [4.78, 5) is 26.9. The van der Waals surface area contributed by atoms with Crippen LogP contribution in [0.5, 0.6) is 5.75 Å². The van der Waals surface area contributed by atoms with Crippen LogP contribution in [0.4, 0.5) is 4.39 Å². The van der Waals surface area contributed by atoms with E-state index in [0.29, 0.717) is 24.3 Å². The smallest absolute Gasteiger partial charge is 0.344 e. The van der Waals surface area contributed by atoms with E-state index in [0.717, 1.165) is 19.3 Å². The quantitative estimate of drug-likeness (QED) is 0.609. The molecule has 0 unspecified atom stereocenters. The molecule has 5 rings (SSSR count). The molecule has 1 aromatic rings. The number of esters is 1. The van der Waals surface area contributed by atoms with Gasteiger partial charge in [-0.2, -0.15) is 5.26 Å². The minimum atomic E-state index is -0.725. The standard InChI is InChI=1S/C23H27FN2O4/c24-19-4-1-2-5-20(19)29-15-22(28)30-14-21(27)26(7-3-6-25)23-11-16-8-17(12-23)10-18(9-16)13-23/h1-2,4-5,16-18H,3,7-15H2. The van der Waals surface area contributed by atoms with Gasteiger partial charge in [-0.15, -0.1) is 0 Å². The summed E-state index contributed by atoms with van der Waals surface area (Å²) in [7, 11) is 0. The van der Waals surface area contributed by atoms with E-state index in [1.54, 1.807) is 6.07 Å². The van der Waals surface area contributed by atoms with Crippen molar-refractivity contribution in [2.45, 2.75) is 50.5 Å². The predicted molar refractivity (Wildman–Crippen MR) is 106 cm³/mol. The predicted octanol–water partition coefficient (Wildman–Crippen LogP) is 3.46. The van der Waals surface area contributed by atoms with Gasteiger partial charge in [0, 0.05) is 12.1 Å². The lowest BCUT2D eigenvalue weighted by Crippen LogP contribution is -2.62. The van der Waals surface area contributed by atoms with Crippen LogP contribution >= 0.6 is 0 Å². The maximum absolute atomic E-state index is 13.6. The van der Waals surface area contributed by atoms with Gasteiger partial charge in [0.1, 0.15) is 0 Å². The summed E-state index contributed by atoms with van der Waals surface area (Å²) >= 11 is 0. The molecule has 0 aliphatic heterocycles. The molecule has 0 heterocycles. The number of carbonyl (C=O) groups is 2. The Hall–Kier alpha value is -2.62. The Morgan fingerprint density at radius 1 is 1.10 bits per heavy atom. The molecule has 4 aliphatic carbocycles. The van der Waals surface area contributed by atoms with Gasteiger partial charge in [0.25, 0.3) is 5.91 Å². The fourth-order valence-electron chi connectivity index (χ4n) is 6.14. The van der Waals surface area contributed by atoms with Crippen molar-refractivity contribution in [1.29, 1.82) is 5.26 Å². The lowest BCUT2D eigenvalue weighted by molar-refractivity contribution is -0.163. The van der Waals surface area contributed by atoms with Gasteiger partial charge < -0.3 is 14.4 Å². The Kier molecular flexibility index (Phi) is 5.94. The van der Waals surface area contributed by atoms with E-state index in [4.69, 9.17) is 14.7 Å². The highest BCUT2D eigenvalue weighted by atomic mass is 19.1. The SMILES string of the molecule is N#CCCN(C(=O)COC(=O)COc1ccccc1F)C12CC3CC(CC(C3)C1)C2. The van der Waals surface area contributed by atoms with E-state index >= 15 is 0 Å². The molecule has 0 spiro atoms. The maximum Gasteiger partial charge on any atom is 0.344 e. The molecule has 4 bridgehead atoms. The van der Waals surface area contributed by atoms with Crippen LogP contribution in [0.3, 0.4) is 0 Å². The second kappa shape index (κ2) is 8.63. The number of para-hydroxylation sites is 1. The molecule has 0 aromatic heterocycles. The Morgan fingerprint density at radius 3 is 2.33 bits per heavy atom. The summed E-state index contributed by atoms with van der Waals surface area (Å²) in [5, 5.41) is 9.08. The lowest BCUT2D eigenvalue weighted by Gasteiger charge is -2.60. The Balaban J connectivity index is 1.35. The third-order valence-electron chi connectivity index (χ3n) is 6.87. The van der Waals surface area contributed by atoms with Crippen molar-refractivity contribution >= 4 is 11.9 Å². The van der Waals surface area contributed by atoms with E-state index in [1.807, 2.05) is 4.90 Å². The largest absolute Gasteiger partial charge is 0.479 e. The Labute approximate surface area is 175 Å². The van der Waals surface area contributed by atoms with Crippen molar-refractivity contribution < 1.29 is 23.5 Å². The molecule has 30 heavy (non-hydrogen) atoms. The van der Waals surface area contributed by atoms with E-state index in [9.17, 15) is 14.0 Å². The highest BCUT2D eigenvalue weighted by Gasteiger charge is 2.54. The van der Waals surface area contributed by atoms with E-state index in [2.05, 4.69) is 6.07 Å². The molecule has 7 heteroatoms. The molecule has 1 amide bonds. The molecule has 4 fully saturated rings. The minimum Gasteiger partial charge on any atom is -0.479 e. The van der Waals surface area contributed by atoms with E-state index in [-0.39, 0.29) is 30.2 Å². The summed E-state index contributed by atoms with van der Waals surface area (Å²) in [5.41, 5.74) is -0.196. The van der Waals surface area contributed by atoms with E-state index < -0.39 is 18.4 Å². The zero-order chi connectivity index (χ0) is 21.1. The highest BCUT2D eigenvalue weighted by molar-refractivity contribution is 5.81. The number of carbonyl (C=O) groups excluding carboxylic acids is 2. The number of nitrogens with zero attached hydrogens (tertiary/aromatic N) is 2. The van der Waals surface area contributed by atoms with Gasteiger partial charge >= 0.3 is 5.97 Å². The fraction of sp³-hybridized carbons (Fsp3) is 0.609. The first kappa shape index (κ1) is 20.6. The Bertz CT molecular complexity index is 815. The van der Waals surface area contributed by atoms with Crippen LogP contribution in [-0.4, -0.2) is 42.1 Å².